The van der Waals surface area contributed by atoms with E-state index in [-0.39, 0.29) is 23.4 Å². The van der Waals surface area contributed by atoms with Crippen molar-refractivity contribution in [2.24, 2.45) is 0 Å². The summed E-state index contributed by atoms with van der Waals surface area (Å²) in [5.74, 6) is -0.367. The lowest BCUT2D eigenvalue weighted by atomic mass is 9.98. The molecule has 3 aromatic rings. The van der Waals surface area contributed by atoms with Gasteiger partial charge in [-0.25, -0.2) is 0 Å². The average Bonchev–Trinajstić information content (AvgIpc) is 2.74. The number of nitrogens with one attached hydrogen (secondary N) is 2. The van der Waals surface area contributed by atoms with Gasteiger partial charge in [-0.15, -0.1) is 0 Å². The van der Waals surface area contributed by atoms with Crippen LogP contribution in [0.15, 0.2) is 60.9 Å². The largest absolute Gasteiger partial charge is 0.346 e. The van der Waals surface area contributed by atoms with E-state index in [2.05, 4.69) is 34.4 Å². The van der Waals surface area contributed by atoms with Crippen LogP contribution in [0.2, 0.25) is 0 Å². The predicted octanol–water partition coefficient (Wildman–Crippen LogP) is 4.09. The molecule has 0 radical (unpaired) electrons. The fraction of sp³-hybridized carbons (Fsp3) is 0.217. The first-order valence-corrected chi connectivity index (χ1v) is 9.50. The molecule has 6 heteroatoms. The topological polar surface area (TPSA) is 84.0 Å². The molecule has 0 saturated carbocycles. The minimum Gasteiger partial charge on any atom is -0.346 e. The van der Waals surface area contributed by atoms with E-state index in [0.29, 0.717) is 12.1 Å². The van der Waals surface area contributed by atoms with Gasteiger partial charge in [-0.3, -0.25) is 19.6 Å². The van der Waals surface area contributed by atoms with E-state index in [1.54, 1.807) is 12.3 Å². The van der Waals surface area contributed by atoms with E-state index in [9.17, 15) is 9.59 Å². The minimum atomic E-state index is -0.347. The van der Waals surface area contributed by atoms with Crippen LogP contribution in [-0.2, 0) is 6.54 Å². The Kier molecular flexibility index (Phi) is 6.34. The molecule has 2 N–H and O–H groups in total. The van der Waals surface area contributed by atoms with E-state index in [4.69, 9.17) is 0 Å². The third-order valence-electron chi connectivity index (χ3n) is 4.58. The number of pyridine rings is 2. The first-order chi connectivity index (χ1) is 14.0. The molecule has 2 amide bonds. The third-order valence-corrected chi connectivity index (χ3v) is 4.58. The summed E-state index contributed by atoms with van der Waals surface area (Å²) < 4.78 is 0. The Balaban J connectivity index is 1.74. The highest BCUT2D eigenvalue weighted by Crippen LogP contribution is 2.27. The lowest BCUT2D eigenvalue weighted by molar-refractivity contribution is 0.0950. The maximum absolute atomic E-state index is 12.8. The van der Waals surface area contributed by atoms with Gasteiger partial charge in [0.2, 0.25) is 0 Å². The molecule has 29 heavy (non-hydrogen) atoms. The number of hydrogen-bond acceptors (Lipinski definition) is 4. The van der Waals surface area contributed by atoms with Gasteiger partial charge < -0.3 is 10.6 Å². The zero-order chi connectivity index (χ0) is 20.8. The zero-order valence-corrected chi connectivity index (χ0v) is 16.8. The van der Waals surface area contributed by atoms with Crippen molar-refractivity contribution in [1.29, 1.82) is 0 Å². The van der Waals surface area contributed by atoms with Gasteiger partial charge in [-0.2, -0.15) is 0 Å². The van der Waals surface area contributed by atoms with Gasteiger partial charge in [0.05, 0.1) is 12.2 Å². The minimum absolute atomic E-state index is 0.188. The van der Waals surface area contributed by atoms with Gasteiger partial charge in [0, 0.05) is 23.6 Å². The molecule has 2 aromatic heterocycles. The number of para-hydroxylation sites is 1. The Morgan fingerprint density at radius 1 is 0.966 bits per heavy atom. The van der Waals surface area contributed by atoms with Crippen molar-refractivity contribution in [1.82, 2.24) is 15.3 Å². The molecular weight excluding hydrogens is 364 g/mol. The molecule has 0 saturated heterocycles. The number of amides is 2. The van der Waals surface area contributed by atoms with Gasteiger partial charge in [0.15, 0.2) is 0 Å². The average molecular weight is 388 g/mol. The van der Waals surface area contributed by atoms with E-state index < -0.39 is 0 Å². The number of carbonyl (C=O) groups is 2. The lowest BCUT2D eigenvalue weighted by Crippen LogP contribution is -2.24. The first kappa shape index (κ1) is 20.2. The Labute approximate surface area is 170 Å². The van der Waals surface area contributed by atoms with Crippen LogP contribution in [0.1, 0.15) is 57.4 Å². The molecule has 0 aliphatic heterocycles. The monoisotopic (exact) mass is 388 g/mol. The fourth-order valence-electron chi connectivity index (χ4n) is 2.99. The molecule has 0 aliphatic rings. The van der Waals surface area contributed by atoms with Crippen LogP contribution < -0.4 is 10.6 Å². The van der Waals surface area contributed by atoms with Crippen molar-refractivity contribution in [2.75, 3.05) is 5.32 Å². The van der Waals surface area contributed by atoms with E-state index >= 15 is 0 Å². The van der Waals surface area contributed by atoms with Crippen LogP contribution in [0.5, 0.6) is 0 Å². The Hall–Kier alpha value is -3.54. The number of aromatic nitrogens is 2. The molecule has 0 aliphatic carbocycles. The summed E-state index contributed by atoms with van der Waals surface area (Å²) >= 11 is 0. The Morgan fingerprint density at radius 3 is 2.52 bits per heavy atom. The van der Waals surface area contributed by atoms with Crippen LogP contribution in [-0.4, -0.2) is 21.8 Å². The highest BCUT2D eigenvalue weighted by atomic mass is 16.2. The number of aryl methyl sites for hydroxylation is 1. The molecular formula is C23H24N4O2. The number of rotatable bonds is 6. The normalized spacial score (nSPS) is 10.6. The van der Waals surface area contributed by atoms with Crippen LogP contribution in [0, 0.1) is 6.92 Å². The molecule has 148 valence electrons. The second kappa shape index (κ2) is 9.10. The van der Waals surface area contributed by atoms with Crippen molar-refractivity contribution in [3.05, 3.63) is 89.0 Å². The van der Waals surface area contributed by atoms with Crippen molar-refractivity contribution in [3.63, 3.8) is 0 Å². The highest BCUT2D eigenvalue weighted by molar-refractivity contribution is 6.05. The number of anilines is 1. The van der Waals surface area contributed by atoms with Gasteiger partial charge in [0.25, 0.3) is 11.8 Å². The molecule has 6 nitrogen and oxygen atoms in total. The molecule has 3 rings (SSSR count). The summed E-state index contributed by atoms with van der Waals surface area (Å²) in [5.41, 5.74) is 4.15. The molecule has 0 fully saturated rings. The third kappa shape index (κ3) is 5.04. The predicted molar refractivity (Wildman–Crippen MR) is 113 cm³/mol. The number of hydrogen-bond donors (Lipinski definition) is 2. The van der Waals surface area contributed by atoms with Gasteiger partial charge >= 0.3 is 0 Å². The molecule has 0 atom stereocenters. The lowest BCUT2D eigenvalue weighted by Gasteiger charge is -2.16. The quantitative estimate of drug-likeness (QED) is 0.666. The van der Waals surface area contributed by atoms with Crippen LogP contribution in [0.4, 0.5) is 5.69 Å². The number of benzene rings is 1. The second-order valence-electron chi connectivity index (χ2n) is 7.08. The fourth-order valence-corrected chi connectivity index (χ4v) is 2.99. The molecule has 1 aromatic carbocycles. The van der Waals surface area contributed by atoms with Gasteiger partial charge in [-0.05, 0) is 48.2 Å². The van der Waals surface area contributed by atoms with Crippen LogP contribution >= 0.6 is 0 Å². The van der Waals surface area contributed by atoms with Gasteiger partial charge in [0.1, 0.15) is 5.69 Å². The highest BCUT2D eigenvalue weighted by Gasteiger charge is 2.16. The van der Waals surface area contributed by atoms with E-state index in [1.165, 1.54) is 12.3 Å². The summed E-state index contributed by atoms with van der Waals surface area (Å²) in [7, 11) is 0. The standard InChI is InChI=1S/C23H24N4O2/c1-15(2)19-9-6-7-16(3)21(19)27-23(29)20-13-17(10-12-25-20)22(28)26-14-18-8-4-5-11-24-18/h4-13,15H,14H2,1-3H3,(H,26,28)(H,27,29). The van der Waals surface area contributed by atoms with E-state index in [0.717, 1.165) is 22.5 Å². The molecule has 0 bridgehead atoms. The summed E-state index contributed by atoms with van der Waals surface area (Å²) in [6.07, 6.45) is 3.14. The summed E-state index contributed by atoms with van der Waals surface area (Å²) in [6.45, 7) is 6.42. The molecule has 2 heterocycles. The zero-order valence-electron chi connectivity index (χ0n) is 16.8. The molecule has 0 unspecified atom stereocenters. The maximum Gasteiger partial charge on any atom is 0.274 e. The number of nitrogens with zero attached hydrogens (tertiary/aromatic N) is 2. The Morgan fingerprint density at radius 2 is 1.79 bits per heavy atom. The summed E-state index contributed by atoms with van der Waals surface area (Å²) in [5, 5.41) is 5.76. The number of carbonyl (C=O) groups excluding carboxylic acids is 2. The summed E-state index contributed by atoms with van der Waals surface area (Å²) in [4.78, 5) is 33.5. The van der Waals surface area contributed by atoms with Crippen molar-refractivity contribution in [2.45, 2.75) is 33.2 Å². The van der Waals surface area contributed by atoms with Crippen molar-refractivity contribution >= 4 is 17.5 Å². The second-order valence-corrected chi connectivity index (χ2v) is 7.08. The van der Waals surface area contributed by atoms with Crippen LogP contribution in [0.25, 0.3) is 0 Å². The smallest absolute Gasteiger partial charge is 0.274 e. The molecule has 0 spiro atoms. The van der Waals surface area contributed by atoms with Crippen LogP contribution in [0.3, 0.4) is 0 Å². The maximum atomic E-state index is 12.8. The van der Waals surface area contributed by atoms with Crippen molar-refractivity contribution in [3.8, 4) is 0 Å². The Bertz CT molecular complexity index is 1020. The summed E-state index contributed by atoms with van der Waals surface area (Å²) in [6, 6.07) is 14.5. The SMILES string of the molecule is Cc1cccc(C(C)C)c1NC(=O)c1cc(C(=O)NCc2ccccn2)ccn1. The van der Waals surface area contributed by atoms with Crippen molar-refractivity contribution < 1.29 is 9.59 Å². The van der Waals surface area contributed by atoms with Gasteiger partial charge in [-0.1, -0.05) is 38.1 Å². The first-order valence-electron chi connectivity index (χ1n) is 9.50. The van der Waals surface area contributed by atoms with E-state index in [1.807, 2.05) is 43.3 Å².